The summed E-state index contributed by atoms with van der Waals surface area (Å²) in [5.74, 6) is -0.938. The van der Waals surface area contributed by atoms with Crippen molar-refractivity contribution in [3.05, 3.63) is 4.91 Å². The van der Waals surface area contributed by atoms with Gasteiger partial charge in [0.25, 0.3) is 0 Å². The highest BCUT2D eigenvalue weighted by Crippen LogP contribution is 2.16. The minimum Gasteiger partial charge on any atom is -0.480 e. The number of rotatable bonds is 2. The van der Waals surface area contributed by atoms with Crippen molar-refractivity contribution in [2.45, 2.75) is 44.6 Å². The lowest BCUT2D eigenvalue weighted by molar-refractivity contribution is -0.143. The van der Waals surface area contributed by atoms with Gasteiger partial charge < -0.3 is 5.11 Å². The van der Waals surface area contributed by atoms with Crippen molar-refractivity contribution >= 4 is 5.97 Å². The quantitative estimate of drug-likeness (QED) is 0.690. The van der Waals surface area contributed by atoms with Gasteiger partial charge in [-0.2, -0.15) is 0 Å². The Balaban J connectivity index is 2.61. The van der Waals surface area contributed by atoms with Crippen LogP contribution in [0, 0.1) is 4.91 Å². The fraction of sp³-hybridized carbons (Fsp3) is 0.889. The first-order valence-electron chi connectivity index (χ1n) is 5.08. The maximum Gasteiger partial charge on any atom is 0.328 e. The van der Waals surface area contributed by atoms with Gasteiger partial charge in [-0.25, -0.2) is 9.80 Å². The second-order valence-corrected chi connectivity index (χ2v) is 3.66. The molecule has 0 amide bonds. The molecule has 0 aromatic rings. The average Bonchev–Trinajstić information content (AvgIpc) is 2.27. The number of hydrogen-bond acceptors (Lipinski definition) is 3. The highest BCUT2D eigenvalue weighted by atomic mass is 16.4. The summed E-state index contributed by atoms with van der Waals surface area (Å²) in [5.41, 5.74) is 0. The third-order valence-electron chi connectivity index (χ3n) is 2.61. The lowest BCUT2D eigenvalue weighted by atomic mass is 10.1. The topological polar surface area (TPSA) is 70.0 Å². The number of aliphatic carboxylic acids is 1. The van der Waals surface area contributed by atoms with Crippen LogP contribution in [0.25, 0.3) is 0 Å². The molecule has 1 atom stereocenters. The summed E-state index contributed by atoms with van der Waals surface area (Å²) in [6, 6.07) is -0.717. The molecule has 1 heterocycles. The number of nitroso groups, excluding NO2 is 1. The Labute approximate surface area is 83.0 Å². The summed E-state index contributed by atoms with van der Waals surface area (Å²) in [7, 11) is 0. The third kappa shape index (κ3) is 2.97. The van der Waals surface area contributed by atoms with Gasteiger partial charge in [0.1, 0.15) is 6.04 Å². The van der Waals surface area contributed by atoms with Crippen molar-refractivity contribution in [3.63, 3.8) is 0 Å². The summed E-state index contributed by atoms with van der Waals surface area (Å²) < 4.78 is 0. The van der Waals surface area contributed by atoms with Crippen LogP contribution in [-0.4, -0.2) is 28.7 Å². The molecule has 0 radical (unpaired) electrons. The highest BCUT2D eigenvalue weighted by molar-refractivity contribution is 5.73. The molecule has 5 nitrogen and oxygen atoms in total. The molecule has 5 heteroatoms. The van der Waals surface area contributed by atoms with Gasteiger partial charge in [-0.3, -0.25) is 0 Å². The molecule has 1 aliphatic heterocycles. The van der Waals surface area contributed by atoms with Gasteiger partial charge in [0.15, 0.2) is 0 Å². The van der Waals surface area contributed by atoms with Gasteiger partial charge in [0.2, 0.25) is 0 Å². The van der Waals surface area contributed by atoms with E-state index in [0.29, 0.717) is 13.0 Å². The molecule has 80 valence electrons. The van der Waals surface area contributed by atoms with Crippen LogP contribution >= 0.6 is 0 Å². The first kappa shape index (κ1) is 10.9. The summed E-state index contributed by atoms with van der Waals surface area (Å²) in [4.78, 5) is 21.3. The van der Waals surface area contributed by atoms with Crippen molar-refractivity contribution in [1.82, 2.24) is 5.01 Å². The molecule has 1 fully saturated rings. The first-order chi connectivity index (χ1) is 6.75. The molecule has 0 spiro atoms. The van der Waals surface area contributed by atoms with Crippen LogP contribution < -0.4 is 0 Å². The van der Waals surface area contributed by atoms with Crippen LogP contribution in [0.4, 0.5) is 0 Å². The van der Waals surface area contributed by atoms with E-state index in [1.807, 2.05) is 0 Å². The van der Waals surface area contributed by atoms with E-state index in [4.69, 9.17) is 5.11 Å². The molecule has 0 saturated carbocycles. The average molecular weight is 200 g/mol. The summed E-state index contributed by atoms with van der Waals surface area (Å²) in [6.07, 6.45) is 5.48. The first-order valence-corrected chi connectivity index (χ1v) is 5.08. The Morgan fingerprint density at radius 3 is 2.50 bits per heavy atom. The molecule has 1 rings (SSSR count). The molecule has 14 heavy (non-hydrogen) atoms. The maximum absolute atomic E-state index is 10.9. The van der Waals surface area contributed by atoms with Crippen LogP contribution in [0.5, 0.6) is 0 Å². The number of hydrogen-bond donors (Lipinski definition) is 1. The SMILES string of the molecule is O=NN1CCCCCCCC1C(=O)O. The van der Waals surface area contributed by atoms with E-state index >= 15 is 0 Å². The van der Waals surface area contributed by atoms with Crippen molar-refractivity contribution < 1.29 is 9.90 Å². The number of carboxylic acid groups (broad SMARTS) is 1. The van der Waals surface area contributed by atoms with Crippen molar-refractivity contribution in [2.75, 3.05) is 6.54 Å². The van der Waals surface area contributed by atoms with Crippen molar-refractivity contribution in [2.24, 2.45) is 5.29 Å². The predicted molar refractivity (Wildman–Crippen MR) is 51.6 cm³/mol. The molecule has 0 aliphatic carbocycles. The minimum absolute atomic E-state index is 0.473. The van der Waals surface area contributed by atoms with E-state index in [-0.39, 0.29) is 0 Å². The smallest absolute Gasteiger partial charge is 0.328 e. The lowest BCUT2D eigenvalue weighted by Crippen LogP contribution is -2.37. The molecular formula is C9H16N2O3. The largest absolute Gasteiger partial charge is 0.480 e. The van der Waals surface area contributed by atoms with Crippen LogP contribution in [-0.2, 0) is 4.79 Å². The Morgan fingerprint density at radius 1 is 1.21 bits per heavy atom. The minimum atomic E-state index is -0.938. The second-order valence-electron chi connectivity index (χ2n) is 3.66. The van der Waals surface area contributed by atoms with Gasteiger partial charge in [0, 0.05) is 6.54 Å². The standard InChI is InChI=1S/C9H16N2O3/c12-9(13)8-6-4-2-1-3-5-7-11(8)10-14/h8H,1-7H2,(H,12,13). The zero-order chi connectivity index (χ0) is 10.4. The summed E-state index contributed by atoms with van der Waals surface area (Å²) in [6.45, 7) is 0.473. The van der Waals surface area contributed by atoms with E-state index in [0.717, 1.165) is 32.1 Å². The molecule has 1 aliphatic rings. The Bertz CT molecular complexity index is 208. The molecule has 0 aromatic carbocycles. The van der Waals surface area contributed by atoms with Gasteiger partial charge in [-0.05, 0) is 12.8 Å². The zero-order valence-corrected chi connectivity index (χ0v) is 8.19. The third-order valence-corrected chi connectivity index (χ3v) is 2.61. The zero-order valence-electron chi connectivity index (χ0n) is 8.19. The van der Waals surface area contributed by atoms with E-state index < -0.39 is 12.0 Å². The molecule has 1 saturated heterocycles. The van der Waals surface area contributed by atoms with E-state index in [2.05, 4.69) is 5.29 Å². The van der Waals surface area contributed by atoms with Crippen molar-refractivity contribution in [3.8, 4) is 0 Å². The lowest BCUT2D eigenvalue weighted by Gasteiger charge is -2.21. The fourth-order valence-corrected chi connectivity index (χ4v) is 1.80. The van der Waals surface area contributed by atoms with Gasteiger partial charge in [0.05, 0.1) is 5.29 Å². The van der Waals surface area contributed by atoms with Gasteiger partial charge >= 0.3 is 5.97 Å². The Morgan fingerprint density at radius 2 is 1.86 bits per heavy atom. The van der Waals surface area contributed by atoms with Gasteiger partial charge in [-0.15, -0.1) is 4.91 Å². The summed E-state index contributed by atoms with van der Waals surface area (Å²) >= 11 is 0. The van der Waals surface area contributed by atoms with Crippen LogP contribution in [0.3, 0.4) is 0 Å². The second kappa shape index (κ2) is 5.57. The maximum atomic E-state index is 10.9. The van der Waals surface area contributed by atoms with Crippen molar-refractivity contribution in [1.29, 1.82) is 0 Å². The van der Waals surface area contributed by atoms with E-state index in [1.54, 1.807) is 0 Å². The highest BCUT2D eigenvalue weighted by Gasteiger charge is 2.25. The van der Waals surface area contributed by atoms with E-state index in [9.17, 15) is 9.70 Å². The predicted octanol–water partition coefficient (Wildman–Crippen LogP) is 1.78. The Hall–Kier alpha value is -1.13. The molecule has 1 unspecified atom stereocenters. The van der Waals surface area contributed by atoms with Gasteiger partial charge in [-0.1, -0.05) is 25.7 Å². The number of nitrogens with zero attached hydrogens (tertiary/aromatic N) is 2. The normalized spacial score (nSPS) is 24.6. The molecular weight excluding hydrogens is 184 g/mol. The van der Waals surface area contributed by atoms with Crippen LogP contribution in [0.15, 0.2) is 5.29 Å². The van der Waals surface area contributed by atoms with Crippen LogP contribution in [0.2, 0.25) is 0 Å². The summed E-state index contributed by atoms with van der Waals surface area (Å²) in [5, 5.41) is 12.9. The molecule has 0 aromatic heterocycles. The number of carbonyl (C=O) groups is 1. The van der Waals surface area contributed by atoms with Crippen LogP contribution in [0.1, 0.15) is 38.5 Å². The molecule has 1 N–H and O–H groups in total. The Kier molecular flexibility index (Phi) is 4.35. The number of carboxylic acids is 1. The van der Waals surface area contributed by atoms with E-state index in [1.165, 1.54) is 5.01 Å². The molecule has 0 bridgehead atoms. The fourth-order valence-electron chi connectivity index (χ4n) is 1.80. The monoisotopic (exact) mass is 200 g/mol.